The summed E-state index contributed by atoms with van der Waals surface area (Å²) in [6.07, 6.45) is 2.63. The van der Waals surface area contributed by atoms with Gasteiger partial charge in [0.2, 0.25) is 10.6 Å². The summed E-state index contributed by atoms with van der Waals surface area (Å²) in [5.74, 6) is -0.337. The number of benzene rings is 2. The summed E-state index contributed by atoms with van der Waals surface area (Å²) >= 11 is 11.2. The van der Waals surface area contributed by atoms with Crippen molar-refractivity contribution in [1.29, 1.82) is 0 Å². The predicted octanol–water partition coefficient (Wildman–Crippen LogP) is -0.0107. The molecule has 0 saturated carbocycles. The van der Waals surface area contributed by atoms with Crippen LogP contribution in [0.2, 0.25) is 10.6 Å². The van der Waals surface area contributed by atoms with Gasteiger partial charge in [0.15, 0.2) is 0 Å². The van der Waals surface area contributed by atoms with E-state index in [0.29, 0.717) is 0 Å². The summed E-state index contributed by atoms with van der Waals surface area (Å²) in [7, 11) is -9.10. The zero-order valence-electron chi connectivity index (χ0n) is 16.1. The van der Waals surface area contributed by atoms with Gasteiger partial charge in [-0.1, -0.05) is 48.6 Å². The molecule has 162 valence electrons. The Morgan fingerprint density at radius 1 is 0.812 bits per heavy atom. The van der Waals surface area contributed by atoms with Crippen molar-refractivity contribution < 1.29 is 55.2 Å². The number of nitrogens with zero attached hydrogens (tertiary/aromatic N) is 3. The summed E-state index contributed by atoms with van der Waals surface area (Å²) in [6.45, 7) is 0. The smallest absolute Gasteiger partial charge is 0.744 e. The third kappa shape index (κ3) is 6.94. The molecule has 3 aromatic rings. The van der Waals surface area contributed by atoms with Gasteiger partial charge >= 0.3 is 39.7 Å². The van der Waals surface area contributed by atoms with Gasteiger partial charge in [0, 0.05) is 0 Å². The first-order valence-corrected chi connectivity index (χ1v) is 11.7. The quantitative estimate of drug-likeness (QED) is 0.193. The van der Waals surface area contributed by atoms with Crippen molar-refractivity contribution in [2.75, 3.05) is 5.48 Å². The minimum Gasteiger partial charge on any atom is -0.744 e. The van der Waals surface area contributed by atoms with Gasteiger partial charge < -0.3 is 4.55 Å². The second-order valence-corrected chi connectivity index (χ2v) is 9.24. The Bertz CT molecular complexity index is 1350. The molecule has 0 bridgehead atoms. The van der Waals surface area contributed by atoms with Crippen molar-refractivity contribution >= 4 is 61.5 Å². The van der Waals surface area contributed by atoms with E-state index >= 15 is 0 Å². The third-order valence-electron chi connectivity index (χ3n) is 3.64. The van der Waals surface area contributed by atoms with Crippen LogP contribution in [0, 0.1) is 0 Å². The molecule has 1 aromatic heterocycles. The van der Waals surface area contributed by atoms with Gasteiger partial charge in [0.05, 0.1) is 4.90 Å². The summed E-state index contributed by atoms with van der Waals surface area (Å²) in [5.41, 5.74) is 2.29. The van der Waals surface area contributed by atoms with Crippen LogP contribution < -0.4 is 35.0 Å². The summed E-state index contributed by atoms with van der Waals surface area (Å²) in [5, 5.41) is -0.558. The van der Waals surface area contributed by atoms with Crippen molar-refractivity contribution in [3.8, 4) is 0 Å². The number of nitrogens with one attached hydrogen (secondary N) is 1. The number of rotatable bonds is 7. The molecule has 2 aromatic carbocycles. The van der Waals surface area contributed by atoms with Crippen LogP contribution in [0.25, 0.3) is 12.2 Å². The number of halogens is 2. The van der Waals surface area contributed by atoms with Gasteiger partial charge in [-0.05, 0) is 46.5 Å². The molecule has 0 fully saturated rings. The minimum absolute atomic E-state index is 0. The van der Waals surface area contributed by atoms with Crippen LogP contribution in [0.3, 0.4) is 0 Å². The Labute approximate surface area is 215 Å². The molecular formula is C17H11Cl2N4NaO6S2. The van der Waals surface area contributed by atoms with E-state index < -0.39 is 25.1 Å². The first kappa shape index (κ1) is 26.6. The van der Waals surface area contributed by atoms with Crippen LogP contribution in [0.5, 0.6) is 0 Å². The van der Waals surface area contributed by atoms with Gasteiger partial charge in [-0.25, -0.2) is 13.9 Å². The van der Waals surface area contributed by atoms with E-state index in [1.54, 1.807) is 6.07 Å². The molecule has 1 N–H and O–H groups in total. The fourth-order valence-electron chi connectivity index (χ4n) is 2.38. The fourth-order valence-corrected chi connectivity index (χ4v) is 4.36. The zero-order valence-corrected chi connectivity index (χ0v) is 21.3. The van der Waals surface area contributed by atoms with Crippen molar-refractivity contribution in [2.45, 2.75) is 9.79 Å². The summed E-state index contributed by atoms with van der Waals surface area (Å²) in [4.78, 5) is 10.1. The Hall–Kier alpha value is -1.61. The molecule has 15 heteroatoms. The van der Waals surface area contributed by atoms with Gasteiger partial charge in [-0.2, -0.15) is 23.4 Å². The molecule has 0 amide bonds. The molecule has 0 aliphatic heterocycles. The van der Waals surface area contributed by atoms with Crippen molar-refractivity contribution in [3.63, 3.8) is 0 Å². The predicted molar refractivity (Wildman–Crippen MR) is 112 cm³/mol. The molecule has 0 aliphatic rings. The maximum absolute atomic E-state index is 12.6. The van der Waals surface area contributed by atoms with Crippen molar-refractivity contribution in [2.24, 2.45) is 0 Å². The normalized spacial score (nSPS) is 11.8. The molecule has 0 radical (unpaired) electrons. The molecular weight excluding hydrogens is 514 g/mol. The second kappa shape index (κ2) is 11.0. The van der Waals surface area contributed by atoms with Gasteiger partial charge in [0.25, 0.3) is 5.95 Å². The largest absolute Gasteiger partial charge is 1.00 e. The summed E-state index contributed by atoms with van der Waals surface area (Å²) in [6, 6.07) is 11.2. The van der Waals surface area contributed by atoms with E-state index in [2.05, 4.69) is 15.0 Å². The fraction of sp³-hybridized carbons (Fsp3) is 0. The molecule has 0 saturated heterocycles. The van der Waals surface area contributed by atoms with E-state index in [-0.39, 0.29) is 62.1 Å². The van der Waals surface area contributed by atoms with Crippen molar-refractivity contribution in [1.82, 2.24) is 15.0 Å². The molecule has 32 heavy (non-hydrogen) atoms. The zero-order chi connectivity index (χ0) is 22.6. The minimum atomic E-state index is -4.72. The average Bonchev–Trinajstić information content (AvgIpc) is 2.70. The molecule has 1 heterocycles. The molecule has 0 atom stereocenters. The van der Waals surface area contributed by atoms with E-state index in [0.717, 1.165) is 6.07 Å². The molecule has 0 aliphatic carbocycles. The summed E-state index contributed by atoms with van der Waals surface area (Å²) < 4.78 is 64.2. The van der Waals surface area contributed by atoms with Gasteiger partial charge in [0.1, 0.15) is 15.0 Å². The van der Waals surface area contributed by atoms with Crippen LogP contribution >= 0.6 is 23.2 Å². The first-order chi connectivity index (χ1) is 14.6. The van der Waals surface area contributed by atoms with Crippen LogP contribution in [-0.4, -0.2) is 36.3 Å². The monoisotopic (exact) mass is 524 g/mol. The van der Waals surface area contributed by atoms with Gasteiger partial charge in [-0.3, -0.25) is 0 Å². The average molecular weight is 525 g/mol. The van der Waals surface area contributed by atoms with Crippen LogP contribution in [-0.2, 0) is 24.5 Å². The molecule has 0 unspecified atom stereocenters. The first-order valence-electron chi connectivity index (χ1n) is 8.15. The van der Waals surface area contributed by atoms with Gasteiger partial charge in [-0.15, -0.1) is 4.28 Å². The third-order valence-corrected chi connectivity index (χ3v) is 6.10. The van der Waals surface area contributed by atoms with Crippen molar-refractivity contribution in [3.05, 3.63) is 70.2 Å². The second-order valence-electron chi connectivity index (χ2n) is 5.70. The standard InChI is InChI=1S/C17H12Cl2N4O6S2.Na/c18-15-20-16(19)22-17(21-15)23-29-31(27,28)14-8-4-2-6-12(14)10-9-11-5-1-3-7-13(11)30(24,25)26;/h1-10H,(H,24,25,26)(H,20,21,22,23);/q;+1/p-1. The number of anilines is 1. The Kier molecular flexibility index (Phi) is 9.16. The van der Waals surface area contributed by atoms with Crippen LogP contribution in [0.4, 0.5) is 5.95 Å². The maximum Gasteiger partial charge on any atom is 1.00 e. The Morgan fingerprint density at radius 3 is 1.81 bits per heavy atom. The van der Waals surface area contributed by atoms with Crippen LogP contribution in [0.1, 0.15) is 11.1 Å². The Morgan fingerprint density at radius 2 is 1.28 bits per heavy atom. The SMILES string of the molecule is O=S(=O)([O-])c1ccccc1C=Cc1ccccc1S(=O)(=O)ONc1nc(Cl)nc(Cl)n1.[Na+]. The topological polar surface area (TPSA) is 151 Å². The number of aromatic nitrogens is 3. The number of hydrogen-bond acceptors (Lipinski definition) is 10. The molecule has 0 spiro atoms. The van der Waals surface area contributed by atoms with E-state index in [9.17, 15) is 21.4 Å². The molecule has 10 nitrogen and oxygen atoms in total. The number of hydrogen-bond donors (Lipinski definition) is 1. The van der Waals surface area contributed by atoms with E-state index in [4.69, 9.17) is 27.5 Å². The Balaban J connectivity index is 0.00000363. The van der Waals surface area contributed by atoms with Crippen LogP contribution in [0.15, 0.2) is 58.3 Å². The van der Waals surface area contributed by atoms with E-state index in [1.165, 1.54) is 48.6 Å². The van der Waals surface area contributed by atoms with E-state index in [1.807, 2.05) is 5.48 Å². The molecule has 3 rings (SSSR count). The maximum atomic E-state index is 12.6.